The summed E-state index contributed by atoms with van der Waals surface area (Å²) in [7, 11) is -3.23. The molecule has 1 aliphatic heterocycles. The van der Waals surface area contributed by atoms with Crippen molar-refractivity contribution < 1.29 is 8.42 Å². The Morgan fingerprint density at radius 1 is 1.27 bits per heavy atom. The van der Waals surface area contributed by atoms with Crippen molar-refractivity contribution in [2.45, 2.75) is 24.3 Å². The van der Waals surface area contributed by atoms with Gasteiger partial charge in [-0.3, -0.25) is 0 Å². The summed E-state index contributed by atoms with van der Waals surface area (Å²) in [5, 5.41) is 0. The number of imidazole rings is 1. The molecule has 0 N–H and O–H groups in total. The molecule has 0 bridgehead atoms. The summed E-state index contributed by atoms with van der Waals surface area (Å²) in [6.45, 7) is 3.91. The zero-order valence-corrected chi connectivity index (χ0v) is 13.7. The summed E-state index contributed by atoms with van der Waals surface area (Å²) in [5.41, 5.74) is 0.807. The fourth-order valence-electron chi connectivity index (χ4n) is 3.15. The van der Waals surface area contributed by atoms with Crippen LogP contribution in [0.1, 0.15) is 19.4 Å². The van der Waals surface area contributed by atoms with Gasteiger partial charge in [-0.05, 0) is 24.5 Å². The second-order valence-corrected chi connectivity index (χ2v) is 8.01. The van der Waals surface area contributed by atoms with Gasteiger partial charge in [-0.2, -0.15) is 0 Å². The topological polar surface area (TPSA) is 55.2 Å². The molecule has 5 nitrogen and oxygen atoms in total. The predicted molar refractivity (Wildman–Crippen MR) is 86.8 cm³/mol. The number of hydrogen-bond acceptors (Lipinski definition) is 4. The van der Waals surface area contributed by atoms with E-state index in [1.807, 2.05) is 24.7 Å². The molecular formula is C16H21N3O2S. The normalized spacial score (nSPS) is 22.7. The van der Waals surface area contributed by atoms with Crippen molar-refractivity contribution in [3.05, 3.63) is 43.0 Å². The maximum absolute atomic E-state index is 12.0. The predicted octanol–water partition coefficient (Wildman–Crippen LogP) is 2.37. The van der Waals surface area contributed by atoms with E-state index in [1.165, 1.54) is 6.26 Å². The molecule has 0 aliphatic carbocycles. The number of sulfone groups is 1. The number of aromatic nitrogens is 2. The Labute approximate surface area is 131 Å². The molecule has 1 aromatic carbocycles. The van der Waals surface area contributed by atoms with Gasteiger partial charge in [0.2, 0.25) is 0 Å². The summed E-state index contributed by atoms with van der Waals surface area (Å²) in [4.78, 5) is 6.73. The van der Waals surface area contributed by atoms with Gasteiger partial charge in [-0.1, -0.05) is 19.1 Å². The van der Waals surface area contributed by atoms with E-state index < -0.39 is 9.84 Å². The van der Waals surface area contributed by atoms with Crippen LogP contribution in [0.25, 0.3) is 0 Å². The van der Waals surface area contributed by atoms with Gasteiger partial charge in [0.1, 0.15) is 0 Å². The average Bonchev–Trinajstić information content (AvgIpc) is 3.01. The molecule has 1 aliphatic rings. The van der Waals surface area contributed by atoms with Crippen molar-refractivity contribution in [2.75, 3.05) is 24.2 Å². The molecule has 0 amide bonds. The monoisotopic (exact) mass is 319 g/mol. The molecule has 2 atom stereocenters. The Bertz CT molecular complexity index is 741. The third-order valence-electron chi connectivity index (χ3n) is 4.43. The highest BCUT2D eigenvalue weighted by molar-refractivity contribution is 7.90. The van der Waals surface area contributed by atoms with Crippen LogP contribution >= 0.6 is 0 Å². The first-order valence-corrected chi connectivity index (χ1v) is 9.37. The van der Waals surface area contributed by atoms with Crippen LogP contribution in [0.15, 0.2) is 47.9 Å². The van der Waals surface area contributed by atoms with Crippen LogP contribution in [0.4, 0.5) is 5.69 Å². The minimum atomic E-state index is -3.23. The van der Waals surface area contributed by atoms with Crippen molar-refractivity contribution in [3.63, 3.8) is 0 Å². The number of hydrogen-bond donors (Lipinski definition) is 0. The van der Waals surface area contributed by atoms with Gasteiger partial charge in [-0.15, -0.1) is 0 Å². The lowest BCUT2D eigenvalue weighted by atomic mass is 9.93. The van der Waals surface area contributed by atoms with Crippen LogP contribution in [-0.4, -0.2) is 37.3 Å². The number of anilines is 1. The van der Waals surface area contributed by atoms with Crippen LogP contribution in [0.2, 0.25) is 0 Å². The van der Waals surface area contributed by atoms with Crippen LogP contribution in [0, 0.1) is 5.92 Å². The first-order chi connectivity index (χ1) is 10.5. The van der Waals surface area contributed by atoms with Crippen molar-refractivity contribution in [1.82, 2.24) is 9.55 Å². The molecule has 2 aromatic rings. The molecule has 6 heteroatoms. The van der Waals surface area contributed by atoms with Crippen LogP contribution < -0.4 is 4.90 Å². The first kappa shape index (κ1) is 15.1. The largest absolute Gasteiger partial charge is 0.368 e. The van der Waals surface area contributed by atoms with Crippen molar-refractivity contribution in [2.24, 2.45) is 5.92 Å². The Morgan fingerprint density at radius 2 is 2.05 bits per heavy atom. The number of benzene rings is 1. The molecule has 22 heavy (non-hydrogen) atoms. The van der Waals surface area contributed by atoms with Crippen molar-refractivity contribution in [3.8, 4) is 0 Å². The first-order valence-electron chi connectivity index (χ1n) is 7.48. The van der Waals surface area contributed by atoms with Gasteiger partial charge in [0, 0.05) is 31.7 Å². The third-order valence-corrected chi connectivity index (χ3v) is 5.58. The maximum Gasteiger partial charge on any atom is 0.177 e. The summed E-state index contributed by atoms with van der Waals surface area (Å²) in [5.74, 6) is 0.538. The molecule has 0 spiro atoms. The zero-order valence-electron chi connectivity index (χ0n) is 12.9. The van der Waals surface area contributed by atoms with E-state index in [0.29, 0.717) is 16.9 Å². The minimum absolute atomic E-state index is 0.309. The molecule has 1 aromatic heterocycles. The quantitative estimate of drug-likeness (QED) is 0.871. The van der Waals surface area contributed by atoms with Crippen LogP contribution in [0.5, 0.6) is 0 Å². The number of piperidine rings is 1. The lowest BCUT2D eigenvalue weighted by Gasteiger charge is -2.39. The van der Waals surface area contributed by atoms with E-state index in [2.05, 4.69) is 21.4 Å². The standard InChI is InChI=1S/C16H21N3O2S/c1-13-7-9-18(11-15(13)19-10-8-17-12-19)14-5-3-4-6-16(14)22(2,20)21/h3-6,8,10,12-13,15H,7,9,11H2,1-2H3. The van der Waals surface area contributed by atoms with Gasteiger partial charge >= 0.3 is 0 Å². The molecule has 2 unspecified atom stereocenters. The molecule has 3 rings (SSSR count). The maximum atomic E-state index is 12.0. The minimum Gasteiger partial charge on any atom is -0.368 e. The highest BCUT2D eigenvalue weighted by atomic mass is 32.2. The van der Waals surface area contributed by atoms with E-state index >= 15 is 0 Å². The highest BCUT2D eigenvalue weighted by Crippen LogP contribution is 2.33. The van der Waals surface area contributed by atoms with Crippen LogP contribution in [0.3, 0.4) is 0 Å². The lowest BCUT2D eigenvalue weighted by Crippen LogP contribution is -2.41. The zero-order chi connectivity index (χ0) is 15.7. The highest BCUT2D eigenvalue weighted by Gasteiger charge is 2.29. The fourth-order valence-corrected chi connectivity index (χ4v) is 4.06. The molecule has 1 fully saturated rings. The Hall–Kier alpha value is -1.82. The SMILES string of the molecule is CC1CCN(c2ccccc2S(C)(=O)=O)CC1n1ccnc1. The summed E-state index contributed by atoms with van der Waals surface area (Å²) in [6, 6.07) is 7.57. The van der Waals surface area contributed by atoms with Gasteiger partial charge in [0.25, 0.3) is 0 Å². The van der Waals surface area contributed by atoms with Crippen molar-refractivity contribution in [1.29, 1.82) is 0 Å². The van der Waals surface area contributed by atoms with E-state index in [4.69, 9.17) is 0 Å². The van der Waals surface area contributed by atoms with Gasteiger partial charge in [0.05, 0.1) is 23.0 Å². The second kappa shape index (κ2) is 5.76. The lowest BCUT2D eigenvalue weighted by molar-refractivity contribution is 0.298. The Kier molecular flexibility index (Phi) is 3.95. The molecule has 1 saturated heterocycles. The molecule has 0 saturated carbocycles. The Balaban J connectivity index is 1.94. The molecule has 2 heterocycles. The second-order valence-electron chi connectivity index (χ2n) is 6.03. The average molecular weight is 319 g/mol. The number of para-hydroxylation sites is 1. The smallest absolute Gasteiger partial charge is 0.177 e. The molecule has 118 valence electrons. The van der Waals surface area contributed by atoms with E-state index in [-0.39, 0.29) is 0 Å². The van der Waals surface area contributed by atoms with Gasteiger partial charge in [-0.25, -0.2) is 13.4 Å². The Morgan fingerprint density at radius 3 is 2.73 bits per heavy atom. The van der Waals surface area contributed by atoms with Crippen molar-refractivity contribution >= 4 is 15.5 Å². The summed E-state index contributed by atoms with van der Waals surface area (Å²) >= 11 is 0. The third kappa shape index (κ3) is 2.88. The summed E-state index contributed by atoms with van der Waals surface area (Å²) in [6.07, 6.45) is 7.91. The van der Waals surface area contributed by atoms with E-state index in [9.17, 15) is 8.42 Å². The number of rotatable bonds is 3. The molecular weight excluding hydrogens is 298 g/mol. The van der Waals surface area contributed by atoms with Crippen LogP contribution in [-0.2, 0) is 9.84 Å². The van der Waals surface area contributed by atoms with Gasteiger partial charge in [0.15, 0.2) is 9.84 Å². The molecule has 0 radical (unpaired) electrons. The summed E-state index contributed by atoms with van der Waals surface area (Å²) < 4.78 is 26.2. The van der Waals surface area contributed by atoms with Gasteiger partial charge < -0.3 is 9.47 Å². The number of nitrogens with zero attached hydrogens (tertiary/aromatic N) is 3. The van der Waals surface area contributed by atoms with E-state index in [0.717, 1.165) is 25.2 Å². The fraction of sp³-hybridized carbons (Fsp3) is 0.438. The van der Waals surface area contributed by atoms with E-state index in [1.54, 1.807) is 18.3 Å².